The summed E-state index contributed by atoms with van der Waals surface area (Å²) in [7, 11) is 1.64. The lowest BCUT2D eigenvalue weighted by atomic mass is 10.2. The monoisotopic (exact) mass is 251 g/mol. The van der Waals surface area contributed by atoms with Crippen molar-refractivity contribution in [2.75, 3.05) is 20.3 Å². The summed E-state index contributed by atoms with van der Waals surface area (Å²) >= 11 is 0. The molecule has 1 aromatic carbocycles. The van der Waals surface area contributed by atoms with E-state index in [9.17, 15) is 4.79 Å². The summed E-state index contributed by atoms with van der Waals surface area (Å²) in [6.45, 7) is 5.00. The fourth-order valence-electron chi connectivity index (χ4n) is 1.45. The average Bonchev–Trinajstić information content (AvgIpc) is 2.37. The highest BCUT2D eigenvalue weighted by atomic mass is 16.5. The molecule has 0 spiro atoms. The third-order valence-corrected chi connectivity index (χ3v) is 2.53. The zero-order valence-electron chi connectivity index (χ0n) is 11.2. The minimum absolute atomic E-state index is 0.105. The first-order valence-electron chi connectivity index (χ1n) is 6.13. The molecule has 0 saturated carbocycles. The number of amides is 1. The van der Waals surface area contributed by atoms with Gasteiger partial charge in [0.2, 0.25) is 0 Å². The van der Waals surface area contributed by atoms with E-state index < -0.39 is 6.10 Å². The average molecular weight is 251 g/mol. The van der Waals surface area contributed by atoms with Crippen molar-refractivity contribution in [1.29, 1.82) is 0 Å². The Morgan fingerprint density at radius 3 is 2.61 bits per heavy atom. The second-order valence-corrected chi connectivity index (χ2v) is 4.21. The quantitative estimate of drug-likeness (QED) is 0.753. The van der Waals surface area contributed by atoms with E-state index in [4.69, 9.17) is 9.47 Å². The lowest BCUT2D eigenvalue weighted by Crippen LogP contribution is -2.37. The zero-order chi connectivity index (χ0) is 13.4. The Bertz CT molecular complexity index is 362. The summed E-state index contributed by atoms with van der Waals surface area (Å²) in [5, 5.41) is 2.80. The Kier molecular flexibility index (Phi) is 6.22. The molecular weight excluding hydrogens is 230 g/mol. The lowest BCUT2D eigenvalue weighted by molar-refractivity contribution is -0.127. The van der Waals surface area contributed by atoms with Gasteiger partial charge in [0.1, 0.15) is 5.75 Å². The molecule has 0 heterocycles. The van der Waals surface area contributed by atoms with Crippen molar-refractivity contribution in [3.05, 3.63) is 29.8 Å². The van der Waals surface area contributed by atoms with Gasteiger partial charge in [-0.05, 0) is 32.4 Å². The van der Waals surface area contributed by atoms with Crippen molar-refractivity contribution in [3.8, 4) is 5.75 Å². The highest BCUT2D eigenvalue weighted by molar-refractivity contribution is 5.80. The lowest BCUT2D eigenvalue weighted by Gasteiger charge is -2.14. The van der Waals surface area contributed by atoms with E-state index in [1.807, 2.05) is 31.2 Å². The van der Waals surface area contributed by atoms with Gasteiger partial charge in [0.05, 0.1) is 0 Å². The molecule has 1 N–H and O–H groups in total. The molecule has 0 unspecified atom stereocenters. The standard InChI is InChI=1S/C14H21NO3/c1-11-5-7-13(8-6-11)18-12(2)14(16)15-9-4-10-17-3/h5-8,12H,4,9-10H2,1-3H3,(H,15,16)/t12-/m1/s1. The van der Waals surface area contributed by atoms with Crippen LogP contribution in [0.2, 0.25) is 0 Å². The Morgan fingerprint density at radius 1 is 1.33 bits per heavy atom. The van der Waals surface area contributed by atoms with Crippen molar-refractivity contribution >= 4 is 5.91 Å². The summed E-state index contributed by atoms with van der Waals surface area (Å²) in [6, 6.07) is 7.64. The SMILES string of the molecule is COCCCNC(=O)[C@@H](C)Oc1ccc(C)cc1. The second kappa shape index (κ2) is 7.71. The maximum Gasteiger partial charge on any atom is 0.260 e. The van der Waals surface area contributed by atoms with Crippen molar-refractivity contribution in [2.24, 2.45) is 0 Å². The van der Waals surface area contributed by atoms with Crippen LogP contribution in [0.3, 0.4) is 0 Å². The summed E-state index contributed by atoms with van der Waals surface area (Å²) < 4.78 is 10.5. The molecule has 18 heavy (non-hydrogen) atoms. The number of nitrogens with one attached hydrogen (secondary N) is 1. The Morgan fingerprint density at radius 2 is 2.00 bits per heavy atom. The second-order valence-electron chi connectivity index (χ2n) is 4.21. The minimum atomic E-state index is -0.491. The smallest absolute Gasteiger partial charge is 0.260 e. The molecular formula is C14H21NO3. The van der Waals surface area contributed by atoms with Crippen LogP contribution < -0.4 is 10.1 Å². The maximum atomic E-state index is 11.7. The fraction of sp³-hybridized carbons (Fsp3) is 0.500. The van der Waals surface area contributed by atoms with E-state index in [0.717, 1.165) is 6.42 Å². The number of carbonyl (C=O) groups excluding carboxylic acids is 1. The normalized spacial score (nSPS) is 11.9. The third kappa shape index (κ3) is 5.19. The first-order valence-corrected chi connectivity index (χ1v) is 6.13. The molecule has 0 aliphatic heterocycles. The van der Waals surface area contributed by atoms with Crippen LogP contribution >= 0.6 is 0 Å². The minimum Gasteiger partial charge on any atom is -0.481 e. The molecule has 0 aliphatic carbocycles. The van der Waals surface area contributed by atoms with Gasteiger partial charge in [-0.2, -0.15) is 0 Å². The molecule has 0 aromatic heterocycles. The molecule has 1 aromatic rings. The van der Waals surface area contributed by atoms with Gasteiger partial charge in [0, 0.05) is 20.3 Å². The number of aryl methyl sites for hydroxylation is 1. The van der Waals surface area contributed by atoms with Crippen LogP contribution in [0.25, 0.3) is 0 Å². The van der Waals surface area contributed by atoms with E-state index >= 15 is 0 Å². The highest BCUT2D eigenvalue weighted by Gasteiger charge is 2.13. The third-order valence-electron chi connectivity index (χ3n) is 2.53. The molecule has 0 fully saturated rings. The molecule has 4 nitrogen and oxygen atoms in total. The van der Waals surface area contributed by atoms with E-state index in [0.29, 0.717) is 18.9 Å². The number of methoxy groups -OCH3 is 1. The molecule has 1 atom stereocenters. The first-order chi connectivity index (χ1) is 8.63. The predicted octanol–water partition coefficient (Wildman–Crippen LogP) is 1.92. The summed E-state index contributed by atoms with van der Waals surface area (Å²) in [6.07, 6.45) is 0.315. The largest absolute Gasteiger partial charge is 0.481 e. The number of rotatable bonds is 7. The van der Waals surface area contributed by atoms with E-state index in [1.165, 1.54) is 5.56 Å². The molecule has 1 rings (SSSR count). The van der Waals surface area contributed by atoms with E-state index in [1.54, 1.807) is 14.0 Å². The molecule has 100 valence electrons. The van der Waals surface area contributed by atoms with Gasteiger partial charge in [-0.3, -0.25) is 4.79 Å². The Hall–Kier alpha value is -1.55. The van der Waals surface area contributed by atoms with Crippen LogP contribution in [0, 0.1) is 6.92 Å². The topological polar surface area (TPSA) is 47.6 Å². The molecule has 0 aliphatic rings. The Balaban J connectivity index is 2.33. The first kappa shape index (κ1) is 14.5. The van der Waals surface area contributed by atoms with Crippen LogP contribution in [-0.2, 0) is 9.53 Å². The van der Waals surface area contributed by atoms with Crippen LogP contribution in [0.4, 0.5) is 0 Å². The van der Waals surface area contributed by atoms with E-state index in [2.05, 4.69) is 5.32 Å². The molecule has 1 amide bonds. The number of ether oxygens (including phenoxy) is 2. The highest BCUT2D eigenvalue weighted by Crippen LogP contribution is 2.13. The van der Waals surface area contributed by atoms with Crippen molar-refractivity contribution < 1.29 is 14.3 Å². The maximum absolute atomic E-state index is 11.7. The zero-order valence-corrected chi connectivity index (χ0v) is 11.2. The number of benzene rings is 1. The van der Waals surface area contributed by atoms with Crippen LogP contribution in [0.5, 0.6) is 5.75 Å². The molecule has 0 bridgehead atoms. The Labute approximate surface area is 108 Å². The molecule has 4 heteroatoms. The molecule has 0 radical (unpaired) electrons. The predicted molar refractivity (Wildman–Crippen MR) is 70.8 cm³/mol. The van der Waals surface area contributed by atoms with Crippen LogP contribution in [0.15, 0.2) is 24.3 Å². The number of carbonyl (C=O) groups is 1. The number of hydrogen-bond donors (Lipinski definition) is 1. The van der Waals surface area contributed by atoms with Gasteiger partial charge in [-0.25, -0.2) is 0 Å². The van der Waals surface area contributed by atoms with Gasteiger partial charge >= 0.3 is 0 Å². The van der Waals surface area contributed by atoms with Crippen molar-refractivity contribution in [2.45, 2.75) is 26.4 Å². The van der Waals surface area contributed by atoms with Crippen molar-refractivity contribution in [3.63, 3.8) is 0 Å². The van der Waals surface area contributed by atoms with Gasteiger partial charge in [-0.1, -0.05) is 17.7 Å². The fourth-order valence-corrected chi connectivity index (χ4v) is 1.45. The van der Waals surface area contributed by atoms with Crippen molar-refractivity contribution in [1.82, 2.24) is 5.32 Å². The van der Waals surface area contributed by atoms with Crippen LogP contribution in [0.1, 0.15) is 18.9 Å². The van der Waals surface area contributed by atoms with E-state index in [-0.39, 0.29) is 5.91 Å². The van der Waals surface area contributed by atoms with Gasteiger partial charge in [0.25, 0.3) is 5.91 Å². The summed E-state index contributed by atoms with van der Waals surface area (Å²) in [5.41, 5.74) is 1.17. The molecule has 0 saturated heterocycles. The summed E-state index contributed by atoms with van der Waals surface area (Å²) in [5.74, 6) is 0.604. The van der Waals surface area contributed by atoms with Gasteiger partial charge in [-0.15, -0.1) is 0 Å². The van der Waals surface area contributed by atoms with Gasteiger partial charge in [0.15, 0.2) is 6.10 Å². The van der Waals surface area contributed by atoms with Crippen LogP contribution in [-0.4, -0.2) is 32.3 Å². The number of hydrogen-bond acceptors (Lipinski definition) is 3. The van der Waals surface area contributed by atoms with Gasteiger partial charge < -0.3 is 14.8 Å². The summed E-state index contributed by atoms with van der Waals surface area (Å²) in [4.78, 5) is 11.7.